The lowest BCUT2D eigenvalue weighted by Gasteiger charge is -2.27. The highest BCUT2D eigenvalue weighted by Crippen LogP contribution is 2.37. The van der Waals surface area contributed by atoms with E-state index in [1.165, 1.54) is 16.7 Å². The summed E-state index contributed by atoms with van der Waals surface area (Å²) in [5.41, 5.74) is 3.25. The van der Waals surface area contributed by atoms with Crippen LogP contribution in [0.4, 0.5) is 0 Å². The van der Waals surface area contributed by atoms with Crippen LogP contribution in [0.2, 0.25) is 0 Å². The summed E-state index contributed by atoms with van der Waals surface area (Å²) in [7, 11) is 7.19. The molecule has 0 bridgehead atoms. The fourth-order valence-electron chi connectivity index (χ4n) is 4.44. The molecule has 2 aromatic carbocycles. The number of likely N-dealkylation sites (N-methyl/N-ethyl adjacent to an activating group) is 1. The summed E-state index contributed by atoms with van der Waals surface area (Å²) in [4.78, 5) is 2.36. The molecule has 5 nitrogen and oxygen atoms in total. The predicted octanol–water partition coefficient (Wildman–Crippen LogP) is 4.28. The van der Waals surface area contributed by atoms with Crippen LogP contribution >= 0.6 is 0 Å². The fourth-order valence-corrected chi connectivity index (χ4v) is 4.44. The molecule has 1 aliphatic rings. The summed E-state index contributed by atoms with van der Waals surface area (Å²) in [5.74, 6) is 2.43. The zero-order valence-corrected chi connectivity index (χ0v) is 19.4. The van der Waals surface area contributed by atoms with Gasteiger partial charge in [-0.25, -0.2) is 0 Å². The van der Waals surface area contributed by atoms with Gasteiger partial charge in [0.05, 0.1) is 26.9 Å². The standard InChI is InChI=1S/C26H37NO4/c1-27(17-12-20-6-8-23(29-2)9-7-20)16-5-13-26(28)14-10-21-18-24(30-3)25(31-4)19-22(21)11-15-26/h6-9,18-19,28H,5,10-17H2,1-4H3. The molecule has 0 radical (unpaired) electrons. The summed E-state index contributed by atoms with van der Waals surface area (Å²) in [6.45, 7) is 2.00. The molecule has 0 heterocycles. The number of nitrogens with zero attached hydrogens (tertiary/aromatic N) is 1. The Morgan fingerprint density at radius 2 is 1.45 bits per heavy atom. The van der Waals surface area contributed by atoms with Crippen molar-refractivity contribution < 1.29 is 19.3 Å². The van der Waals surface area contributed by atoms with Gasteiger partial charge < -0.3 is 24.2 Å². The summed E-state index contributed by atoms with van der Waals surface area (Å²) in [6.07, 6.45) is 6.19. The highest BCUT2D eigenvalue weighted by atomic mass is 16.5. The Morgan fingerprint density at radius 3 is 1.97 bits per heavy atom. The molecule has 1 N–H and O–H groups in total. The third-order valence-electron chi connectivity index (χ3n) is 6.55. The minimum absolute atomic E-state index is 0.601. The van der Waals surface area contributed by atoms with Gasteiger partial charge in [-0.2, -0.15) is 0 Å². The molecule has 0 amide bonds. The number of ether oxygens (including phenoxy) is 3. The van der Waals surface area contributed by atoms with Gasteiger partial charge in [0, 0.05) is 6.54 Å². The molecule has 0 saturated carbocycles. The molecular weight excluding hydrogens is 390 g/mol. The number of methoxy groups -OCH3 is 3. The Kier molecular flexibility index (Phi) is 8.22. The van der Waals surface area contributed by atoms with E-state index in [-0.39, 0.29) is 0 Å². The lowest BCUT2D eigenvalue weighted by atomic mass is 9.89. The van der Waals surface area contributed by atoms with E-state index in [0.717, 1.165) is 75.3 Å². The molecule has 31 heavy (non-hydrogen) atoms. The minimum Gasteiger partial charge on any atom is -0.497 e. The Balaban J connectivity index is 1.46. The van der Waals surface area contributed by atoms with Crippen LogP contribution in [0.15, 0.2) is 36.4 Å². The molecule has 2 aromatic rings. The number of hydrogen-bond acceptors (Lipinski definition) is 5. The lowest BCUT2D eigenvalue weighted by Crippen LogP contribution is -2.31. The second-order valence-electron chi connectivity index (χ2n) is 8.71. The van der Waals surface area contributed by atoms with Crippen LogP contribution in [0.5, 0.6) is 17.2 Å². The van der Waals surface area contributed by atoms with Gasteiger partial charge in [0.1, 0.15) is 5.75 Å². The number of benzene rings is 2. The second-order valence-corrected chi connectivity index (χ2v) is 8.71. The number of fused-ring (bicyclic) bond motifs is 1. The van der Waals surface area contributed by atoms with E-state index in [0.29, 0.717) is 0 Å². The molecule has 0 saturated heterocycles. The van der Waals surface area contributed by atoms with Gasteiger partial charge in [0.15, 0.2) is 11.5 Å². The van der Waals surface area contributed by atoms with E-state index in [2.05, 4.69) is 36.2 Å². The lowest BCUT2D eigenvalue weighted by molar-refractivity contribution is 0.0135. The van der Waals surface area contributed by atoms with Crippen LogP contribution in [-0.4, -0.2) is 57.1 Å². The van der Waals surface area contributed by atoms with E-state index in [9.17, 15) is 5.11 Å². The summed E-state index contributed by atoms with van der Waals surface area (Å²) in [5, 5.41) is 11.3. The maximum atomic E-state index is 11.3. The van der Waals surface area contributed by atoms with Gasteiger partial charge in [-0.05, 0) is 99.5 Å². The number of aryl methyl sites for hydroxylation is 2. The van der Waals surface area contributed by atoms with Gasteiger partial charge in [-0.1, -0.05) is 12.1 Å². The van der Waals surface area contributed by atoms with Crippen molar-refractivity contribution in [1.82, 2.24) is 4.90 Å². The van der Waals surface area contributed by atoms with Gasteiger partial charge in [0.25, 0.3) is 0 Å². The van der Waals surface area contributed by atoms with Crippen molar-refractivity contribution in [3.05, 3.63) is 53.1 Å². The van der Waals surface area contributed by atoms with Gasteiger partial charge in [0.2, 0.25) is 0 Å². The SMILES string of the molecule is COc1ccc(CCN(C)CCCC2(O)CCc3cc(OC)c(OC)cc3CC2)cc1. The average Bonchev–Trinajstić information content (AvgIpc) is 2.96. The topological polar surface area (TPSA) is 51.2 Å². The first-order valence-electron chi connectivity index (χ1n) is 11.2. The Morgan fingerprint density at radius 1 is 0.871 bits per heavy atom. The van der Waals surface area contributed by atoms with E-state index in [1.807, 2.05) is 12.1 Å². The Hall–Kier alpha value is -2.24. The molecule has 170 valence electrons. The highest BCUT2D eigenvalue weighted by Gasteiger charge is 2.30. The molecule has 0 aliphatic heterocycles. The third kappa shape index (κ3) is 6.37. The maximum absolute atomic E-state index is 11.3. The van der Waals surface area contributed by atoms with Gasteiger partial charge >= 0.3 is 0 Å². The van der Waals surface area contributed by atoms with Gasteiger partial charge in [-0.3, -0.25) is 0 Å². The number of aliphatic hydroxyl groups is 1. The Bertz CT molecular complexity index is 799. The number of rotatable bonds is 10. The van der Waals surface area contributed by atoms with Crippen LogP contribution in [0, 0.1) is 0 Å². The highest BCUT2D eigenvalue weighted by molar-refractivity contribution is 5.48. The van der Waals surface area contributed by atoms with Crippen LogP contribution in [-0.2, 0) is 19.3 Å². The normalized spacial score (nSPS) is 15.3. The molecule has 0 spiro atoms. The molecule has 3 rings (SSSR count). The van der Waals surface area contributed by atoms with Crippen LogP contribution in [0.3, 0.4) is 0 Å². The number of hydrogen-bond donors (Lipinski definition) is 1. The largest absolute Gasteiger partial charge is 0.497 e. The van der Waals surface area contributed by atoms with Crippen LogP contribution < -0.4 is 14.2 Å². The summed E-state index contributed by atoms with van der Waals surface area (Å²) >= 11 is 0. The van der Waals surface area contributed by atoms with Crippen molar-refractivity contribution in [1.29, 1.82) is 0 Å². The smallest absolute Gasteiger partial charge is 0.161 e. The molecule has 0 aromatic heterocycles. The van der Waals surface area contributed by atoms with Gasteiger partial charge in [-0.15, -0.1) is 0 Å². The van der Waals surface area contributed by atoms with Crippen molar-refractivity contribution in [3.63, 3.8) is 0 Å². The van der Waals surface area contributed by atoms with Crippen molar-refractivity contribution in [2.75, 3.05) is 41.5 Å². The molecular formula is C26H37NO4. The van der Waals surface area contributed by atoms with E-state index in [1.54, 1.807) is 21.3 Å². The monoisotopic (exact) mass is 427 g/mol. The van der Waals surface area contributed by atoms with Crippen molar-refractivity contribution in [2.24, 2.45) is 0 Å². The van der Waals surface area contributed by atoms with E-state index >= 15 is 0 Å². The first-order valence-corrected chi connectivity index (χ1v) is 11.2. The average molecular weight is 428 g/mol. The van der Waals surface area contributed by atoms with Crippen molar-refractivity contribution >= 4 is 0 Å². The van der Waals surface area contributed by atoms with Crippen LogP contribution in [0.25, 0.3) is 0 Å². The molecule has 1 aliphatic carbocycles. The summed E-state index contributed by atoms with van der Waals surface area (Å²) < 4.78 is 16.1. The molecule has 5 heteroatoms. The zero-order valence-electron chi connectivity index (χ0n) is 19.4. The first kappa shape index (κ1) is 23.4. The van der Waals surface area contributed by atoms with E-state index < -0.39 is 5.60 Å². The maximum Gasteiger partial charge on any atom is 0.161 e. The van der Waals surface area contributed by atoms with Crippen molar-refractivity contribution in [3.8, 4) is 17.2 Å². The predicted molar refractivity (Wildman–Crippen MR) is 125 cm³/mol. The second kappa shape index (κ2) is 10.9. The van der Waals surface area contributed by atoms with E-state index in [4.69, 9.17) is 14.2 Å². The minimum atomic E-state index is -0.601. The fraction of sp³-hybridized carbons (Fsp3) is 0.538. The third-order valence-corrected chi connectivity index (χ3v) is 6.55. The Labute approximate surface area is 186 Å². The molecule has 0 unspecified atom stereocenters. The molecule has 0 atom stereocenters. The first-order chi connectivity index (χ1) is 15.0. The zero-order chi connectivity index (χ0) is 22.3. The summed E-state index contributed by atoms with van der Waals surface area (Å²) in [6, 6.07) is 12.4. The van der Waals surface area contributed by atoms with Crippen LogP contribution in [0.1, 0.15) is 42.4 Å². The quantitative estimate of drug-likeness (QED) is 0.574. The molecule has 0 fully saturated rings. The van der Waals surface area contributed by atoms with Crippen molar-refractivity contribution in [2.45, 2.75) is 50.5 Å².